The van der Waals surface area contributed by atoms with E-state index in [0.29, 0.717) is 11.1 Å². The van der Waals surface area contributed by atoms with Crippen LogP contribution in [0.1, 0.15) is 25.0 Å². The highest BCUT2D eigenvalue weighted by atomic mass is 32.2. The summed E-state index contributed by atoms with van der Waals surface area (Å²) in [6.45, 7) is 5.43. The number of aromatic nitrogens is 2. The van der Waals surface area contributed by atoms with Crippen LogP contribution >= 0.6 is 11.8 Å². The van der Waals surface area contributed by atoms with E-state index in [1.54, 1.807) is 18.0 Å². The topological polar surface area (TPSA) is 55.3 Å². The lowest BCUT2D eigenvalue weighted by Crippen LogP contribution is -2.31. The smallest absolute Gasteiger partial charge is 0.276 e. The van der Waals surface area contributed by atoms with E-state index in [9.17, 15) is 0 Å². The first-order valence-electron chi connectivity index (χ1n) is 7.06. The maximum Gasteiger partial charge on any atom is 0.276 e. The second kappa shape index (κ2) is 6.45. The largest absolute Gasteiger partial charge is 0.469 e. The highest BCUT2D eigenvalue weighted by molar-refractivity contribution is 7.99. The van der Waals surface area contributed by atoms with Crippen LogP contribution in [0.15, 0.2) is 26.4 Å². The molecular weight excluding hydrogens is 274 g/mol. The zero-order chi connectivity index (χ0) is 13.8. The van der Waals surface area contributed by atoms with Crippen molar-refractivity contribution in [2.24, 2.45) is 0 Å². The standard InChI is InChI=1S/C14H19N3O2S/c1-11-12(5-9-18-11)13-15-16-14(19-13)20-10-8-17-6-3-2-4-7-17/h5,9H,2-4,6-8,10H2,1H3. The van der Waals surface area contributed by atoms with Crippen molar-refractivity contribution in [1.82, 2.24) is 15.1 Å². The predicted octanol–water partition coefficient (Wildman–Crippen LogP) is 3.22. The van der Waals surface area contributed by atoms with Crippen LogP contribution < -0.4 is 0 Å². The summed E-state index contributed by atoms with van der Waals surface area (Å²) in [4.78, 5) is 2.51. The van der Waals surface area contributed by atoms with Crippen LogP contribution in [0.4, 0.5) is 0 Å². The first kappa shape index (κ1) is 13.7. The molecule has 0 aliphatic carbocycles. The van der Waals surface area contributed by atoms with Crippen LogP contribution in [0.5, 0.6) is 0 Å². The van der Waals surface area contributed by atoms with Gasteiger partial charge in [-0.2, -0.15) is 0 Å². The third kappa shape index (κ3) is 3.24. The molecule has 20 heavy (non-hydrogen) atoms. The monoisotopic (exact) mass is 293 g/mol. The van der Waals surface area contributed by atoms with Gasteiger partial charge in [-0.3, -0.25) is 0 Å². The molecule has 0 atom stereocenters. The zero-order valence-electron chi connectivity index (χ0n) is 11.7. The van der Waals surface area contributed by atoms with Crippen LogP contribution in [0, 0.1) is 6.92 Å². The van der Waals surface area contributed by atoms with E-state index in [1.165, 1.54) is 32.4 Å². The molecule has 6 heteroatoms. The highest BCUT2D eigenvalue weighted by Crippen LogP contribution is 2.26. The van der Waals surface area contributed by atoms with Crippen LogP contribution in [-0.2, 0) is 0 Å². The molecule has 0 aromatic carbocycles. The van der Waals surface area contributed by atoms with E-state index in [4.69, 9.17) is 8.83 Å². The molecule has 5 nitrogen and oxygen atoms in total. The lowest BCUT2D eigenvalue weighted by molar-refractivity contribution is 0.242. The van der Waals surface area contributed by atoms with Gasteiger partial charge in [-0.25, -0.2) is 0 Å². The number of aryl methyl sites for hydroxylation is 1. The maximum atomic E-state index is 5.66. The number of rotatable bonds is 5. The van der Waals surface area contributed by atoms with Gasteiger partial charge in [-0.1, -0.05) is 18.2 Å². The van der Waals surface area contributed by atoms with Crippen molar-refractivity contribution in [2.75, 3.05) is 25.4 Å². The number of likely N-dealkylation sites (tertiary alicyclic amines) is 1. The van der Waals surface area contributed by atoms with E-state index in [1.807, 2.05) is 13.0 Å². The minimum Gasteiger partial charge on any atom is -0.469 e. The summed E-state index contributed by atoms with van der Waals surface area (Å²) in [6.07, 6.45) is 5.67. The molecule has 2 aromatic rings. The third-order valence-corrected chi connectivity index (χ3v) is 4.38. The van der Waals surface area contributed by atoms with Crippen LogP contribution in [0.2, 0.25) is 0 Å². The van der Waals surface area contributed by atoms with Gasteiger partial charge in [0.1, 0.15) is 5.76 Å². The van der Waals surface area contributed by atoms with E-state index in [0.717, 1.165) is 23.6 Å². The fourth-order valence-electron chi connectivity index (χ4n) is 2.43. The van der Waals surface area contributed by atoms with E-state index in [-0.39, 0.29) is 0 Å². The molecule has 0 unspecified atom stereocenters. The minimum absolute atomic E-state index is 0.539. The average Bonchev–Trinajstić information content (AvgIpc) is 3.09. The molecule has 1 aliphatic rings. The van der Waals surface area contributed by atoms with Gasteiger partial charge in [-0.15, -0.1) is 10.2 Å². The van der Waals surface area contributed by atoms with Crippen LogP contribution in [0.3, 0.4) is 0 Å². The van der Waals surface area contributed by atoms with Crippen molar-refractivity contribution in [1.29, 1.82) is 0 Å². The van der Waals surface area contributed by atoms with Gasteiger partial charge in [0, 0.05) is 12.3 Å². The first-order chi connectivity index (χ1) is 9.83. The molecule has 108 valence electrons. The second-order valence-corrected chi connectivity index (χ2v) is 6.06. The Balaban J connectivity index is 1.51. The van der Waals surface area contributed by atoms with Crippen molar-refractivity contribution in [3.63, 3.8) is 0 Å². The summed E-state index contributed by atoms with van der Waals surface area (Å²) in [7, 11) is 0. The van der Waals surface area contributed by atoms with Gasteiger partial charge < -0.3 is 13.7 Å². The second-order valence-electron chi connectivity index (χ2n) is 5.01. The lowest BCUT2D eigenvalue weighted by Gasteiger charge is -2.25. The van der Waals surface area contributed by atoms with Gasteiger partial charge >= 0.3 is 0 Å². The number of thioether (sulfide) groups is 1. The summed E-state index contributed by atoms with van der Waals surface area (Å²) in [5.74, 6) is 2.33. The Bertz CT molecular complexity index is 546. The van der Waals surface area contributed by atoms with Crippen molar-refractivity contribution >= 4 is 11.8 Å². The Morgan fingerprint density at radius 1 is 1.25 bits per heavy atom. The molecule has 0 amide bonds. The van der Waals surface area contributed by atoms with Gasteiger partial charge in [-0.05, 0) is 38.9 Å². The van der Waals surface area contributed by atoms with Crippen LogP contribution in [0.25, 0.3) is 11.5 Å². The van der Waals surface area contributed by atoms with Gasteiger partial charge in [0.05, 0.1) is 11.8 Å². The van der Waals surface area contributed by atoms with Crippen molar-refractivity contribution in [3.8, 4) is 11.5 Å². The molecule has 0 spiro atoms. The number of hydrogen-bond donors (Lipinski definition) is 0. The molecule has 0 radical (unpaired) electrons. The van der Waals surface area contributed by atoms with Crippen molar-refractivity contribution in [3.05, 3.63) is 18.1 Å². The lowest BCUT2D eigenvalue weighted by atomic mass is 10.1. The fourth-order valence-corrected chi connectivity index (χ4v) is 3.19. The molecule has 3 heterocycles. The summed E-state index contributed by atoms with van der Waals surface area (Å²) in [5, 5.41) is 8.79. The molecule has 0 saturated carbocycles. The van der Waals surface area contributed by atoms with Gasteiger partial charge in [0.25, 0.3) is 11.1 Å². The minimum atomic E-state index is 0.539. The van der Waals surface area contributed by atoms with Crippen molar-refractivity contribution < 1.29 is 8.83 Å². The first-order valence-corrected chi connectivity index (χ1v) is 8.04. The summed E-state index contributed by atoms with van der Waals surface area (Å²) < 4.78 is 10.9. The predicted molar refractivity (Wildman–Crippen MR) is 77.8 cm³/mol. The number of hydrogen-bond acceptors (Lipinski definition) is 6. The molecule has 0 bridgehead atoms. The Hall–Kier alpha value is -1.27. The molecule has 1 saturated heterocycles. The zero-order valence-corrected chi connectivity index (χ0v) is 12.5. The molecule has 1 aliphatic heterocycles. The maximum absolute atomic E-state index is 5.66. The fraction of sp³-hybridized carbons (Fsp3) is 0.571. The highest BCUT2D eigenvalue weighted by Gasteiger charge is 2.14. The molecular formula is C14H19N3O2S. The summed E-state index contributed by atoms with van der Waals surface area (Å²) >= 11 is 1.63. The van der Waals surface area contributed by atoms with E-state index in [2.05, 4.69) is 15.1 Å². The summed E-state index contributed by atoms with van der Waals surface area (Å²) in [6, 6.07) is 1.85. The number of furan rings is 1. The third-order valence-electron chi connectivity index (χ3n) is 3.58. The Morgan fingerprint density at radius 2 is 2.10 bits per heavy atom. The Kier molecular flexibility index (Phi) is 4.42. The SMILES string of the molecule is Cc1occc1-c1nnc(SCCN2CCCCC2)o1. The van der Waals surface area contributed by atoms with Gasteiger partial charge in [0.15, 0.2) is 0 Å². The number of piperidine rings is 1. The molecule has 3 rings (SSSR count). The average molecular weight is 293 g/mol. The Labute approximate surface area is 122 Å². The Morgan fingerprint density at radius 3 is 2.85 bits per heavy atom. The van der Waals surface area contributed by atoms with Crippen molar-refractivity contribution in [2.45, 2.75) is 31.4 Å². The van der Waals surface area contributed by atoms with E-state index >= 15 is 0 Å². The van der Waals surface area contributed by atoms with E-state index < -0.39 is 0 Å². The molecule has 0 N–H and O–H groups in total. The normalized spacial score (nSPS) is 16.6. The number of nitrogens with zero attached hydrogens (tertiary/aromatic N) is 3. The van der Waals surface area contributed by atoms with Crippen LogP contribution in [-0.4, -0.2) is 40.5 Å². The molecule has 1 fully saturated rings. The summed E-state index contributed by atoms with van der Waals surface area (Å²) in [5.41, 5.74) is 0.875. The van der Waals surface area contributed by atoms with Gasteiger partial charge in [0.2, 0.25) is 0 Å². The quantitative estimate of drug-likeness (QED) is 0.789. The molecule has 2 aromatic heterocycles.